The van der Waals surface area contributed by atoms with Gasteiger partial charge in [0.05, 0.1) is 0 Å². The van der Waals surface area contributed by atoms with E-state index >= 15 is 0 Å². The summed E-state index contributed by atoms with van der Waals surface area (Å²) in [6.07, 6.45) is 0. The van der Waals surface area contributed by atoms with Gasteiger partial charge in [-0.1, -0.05) is 121 Å². The molecule has 0 saturated heterocycles. The summed E-state index contributed by atoms with van der Waals surface area (Å²) >= 11 is 0. The van der Waals surface area contributed by atoms with Gasteiger partial charge in [-0.25, -0.2) is 29.9 Å². The fraction of sp³-hybridized carbons (Fsp3) is 0.0909. The van der Waals surface area contributed by atoms with Crippen LogP contribution in [-0.2, 0) is 0 Å². The summed E-state index contributed by atoms with van der Waals surface area (Å²) in [6, 6.07) is 47.5. The maximum atomic E-state index is 4.57. The van der Waals surface area contributed by atoms with Crippen LogP contribution in [0.3, 0.4) is 0 Å². The predicted molar refractivity (Wildman–Crippen MR) is 202 cm³/mol. The number of aromatic nitrogens is 6. The third kappa shape index (κ3) is 6.15. The molecule has 0 spiro atoms. The van der Waals surface area contributed by atoms with E-state index in [1.54, 1.807) is 0 Å². The second-order valence-electron chi connectivity index (χ2n) is 12.5. The van der Waals surface area contributed by atoms with E-state index in [9.17, 15) is 0 Å². The van der Waals surface area contributed by atoms with E-state index in [-0.39, 0.29) is 0 Å². The minimum Gasteiger partial charge on any atom is -0.219 e. The summed E-state index contributed by atoms with van der Waals surface area (Å²) in [7, 11) is 0. The maximum Gasteiger partial charge on any atom is 0.163 e. The Labute approximate surface area is 291 Å². The molecule has 0 saturated carbocycles. The SMILES string of the molecule is Cc1nc(C)nc(-c2cccc(-c3ccc(-c4cccc5cccc(-c6ccc(-c7cccc(-c8nc(C)nc(C)n8)c7)cc6)c45)cc3)c2)n1. The lowest BCUT2D eigenvalue weighted by Crippen LogP contribution is -1.98. The Morgan fingerprint density at radius 1 is 0.300 bits per heavy atom. The minimum atomic E-state index is 0.697. The normalized spacial score (nSPS) is 11.2. The molecule has 2 heterocycles. The van der Waals surface area contributed by atoms with Crippen LogP contribution in [0.1, 0.15) is 23.3 Å². The molecule has 0 radical (unpaired) electrons. The number of rotatable bonds is 6. The molecule has 0 aliphatic heterocycles. The van der Waals surface area contributed by atoms with Crippen molar-refractivity contribution in [3.05, 3.63) is 157 Å². The summed E-state index contributed by atoms with van der Waals surface area (Å²) in [5.41, 5.74) is 11.2. The molecule has 0 unspecified atom stereocenters. The molecular weight excluding hydrogens is 613 g/mol. The van der Waals surface area contributed by atoms with Crippen molar-refractivity contribution >= 4 is 10.8 Å². The van der Waals surface area contributed by atoms with Gasteiger partial charge in [-0.05, 0) is 95.1 Å². The van der Waals surface area contributed by atoms with Gasteiger partial charge < -0.3 is 0 Å². The third-order valence-corrected chi connectivity index (χ3v) is 8.92. The summed E-state index contributed by atoms with van der Waals surface area (Å²) in [5, 5.41) is 2.44. The number of benzene rings is 6. The van der Waals surface area contributed by atoms with E-state index in [1.807, 2.05) is 39.8 Å². The molecule has 50 heavy (non-hydrogen) atoms. The van der Waals surface area contributed by atoms with Crippen LogP contribution < -0.4 is 0 Å². The van der Waals surface area contributed by atoms with E-state index in [4.69, 9.17) is 0 Å². The third-order valence-electron chi connectivity index (χ3n) is 8.92. The van der Waals surface area contributed by atoms with Crippen molar-refractivity contribution in [3.8, 4) is 67.3 Å². The minimum absolute atomic E-state index is 0.697. The molecule has 2 aromatic heterocycles. The second kappa shape index (κ2) is 12.9. The van der Waals surface area contributed by atoms with Crippen LogP contribution >= 0.6 is 0 Å². The molecule has 6 nitrogen and oxygen atoms in total. The first-order valence-electron chi connectivity index (χ1n) is 16.7. The van der Waals surface area contributed by atoms with Gasteiger partial charge in [0.25, 0.3) is 0 Å². The highest BCUT2D eigenvalue weighted by Crippen LogP contribution is 2.38. The topological polar surface area (TPSA) is 77.3 Å². The quantitative estimate of drug-likeness (QED) is 0.179. The number of aryl methyl sites for hydroxylation is 4. The average molecular weight is 647 g/mol. The van der Waals surface area contributed by atoms with Crippen molar-refractivity contribution in [2.24, 2.45) is 0 Å². The van der Waals surface area contributed by atoms with E-state index < -0.39 is 0 Å². The molecule has 240 valence electrons. The fourth-order valence-corrected chi connectivity index (χ4v) is 6.67. The van der Waals surface area contributed by atoms with E-state index in [0.29, 0.717) is 11.6 Å². The summed E-state index contributed by atoms with van der Waals surface area (Å²) < 4.78 is 0. The molecule has 0 bridgehead atoms. The van der Waals surface area contributed by atoms with Crippen molar-refractivity contribution in [1.29, 1.82) is 0 Å². The lowest BCUT2D eigenvalue weighted by atomic mass is 9.90. The standard InChI is InChI=1S/C44H34N6/c1-27-45-28(2)48-43(47-27)38-13-5-11-36(25-38)31-17-21-33(22-18-31)40-15-7-9-35-10-8-16-41(42(35)40)34-23-19-32(20-24-34)37-12-6-14-39(26-37)44-49-29(3)46-30(4)50-44/h5-26H,1-4H3. The van der Waals surface area contributed by atoms with Crippen LogP contribution in [0.5, 0.6) is 0 Å². The Morgan fingerprint density at radius 2 is 0.640 bits per heavy atom. The van der Waals surface area contributed by atoms with Crippen LogP contribution in [0.2, 0.25) is 0 Å². The molecule has 6 aromatic carbocycles. The Morgan fingerprint density at radius 3 is 1.04 bits per heavy atom. The van der Waals surface area contributed by atoms with Gasteiger partial charge in [0.1, 0.15) is 23.3 Å². The van der Waals surface area contributed by atoms with Crippen molar-refractivity contribution in [3.63, 3.8) is 0 Å². The molecule has 0 aliphatic rings. The van der Waals surface area contributed by atoms with Crippen LogP contribution in [-0.4, -0.2) is 29.9 Å². The molecule has 0 N–H and O–H groups in total. The van der Waals surface area contributed by atoms with Crippen molar-refractivity contribution in [2.45, 2.75) is 27.7 Å². The van der Waals surface area contributed by atoms with Gasteiger partial charge in [-0.3, -0.25) is 0 Å². The van der Waals surface area contributed by atoms with Crippen molar-refractivity contribution < 1.29 is 0 Å². The average Bonchev–Trinajstić information content (AvgIpc) is 3.14. The zero-order valence-electron chi connectivity index (χ0n) is 28.4. The molecule has 8 rings (SSSR count). The predicted octanol–water partition coefficient (Wildman–Crippen LogP) is 10.4. The summed E-state index contributed by atoms with van der Waals surface area (Å²) in [5.74, 6) is 4.28. The van der Waals surface area contributed by atoms with Crippen LogP contribution in [0.4, 0.5) is 0 Å². The van der Waals surface area contributed by atoms with Crippen LogP contribution in [0.25, 0.3) is 78.1 Å². The first kappa shape index (κ1) is 30.9. The van der Waals surface area contributed by atoms with Gasteiger partial charge in [0.2, 0.25) is 0 Å². The number of nitrogens with zero attached hydrogens (tertiary/aromatic N) is 6. The Bertz CT molecular complexity index is 2310. The van der Waals surface area contributed by atoms with Gasteiger partial charge in [0, 0.05) is 11.1 Å². The smallest absolute Gasteiger partial charge is 0.163 e. The molecule has 0 atom stereocenters. The molecule has 6 heteroatoms. The molecular formula is C44H34N6. The largest absolute Gasteiger partial charge is 0.219 e. The van der Waals surface area contributed by atoms with E-state index in [2.05, 4.69) is 151 Å². The monoisotopic (exact) mass is 646 g/mol. The zero-order chi connectivity index (χ0) is 34.2. The Kier molecular flexibility index (Phi) is 7.97. The lowest BCUT2D eigenvalue weighted by Gasteiger charge is -2.14. The van der Waals surface area contributed by atoms with Gasteiger partial charge >= 0.3 is 0 Å². The first-order valence-corrected chi connectivity index (χ1v) is 16.7. The summed E-state index contributed by atoms with van der Waals surface area (Å²) in [4.78, 5) is 26.9. The van der Waals surface area contributed by atoms with Crippen LogP contribution in [0.15, 0.2) is 133 Å². The maximum absolute atomic E-state index is 4.57. The highest BCUT2D eigenvalue weighted by atomic mass is 15.0. The first-order chi connectivity index (χ1) is 24.4. The molecule has 8 aromatic rings. The number of hydrogen-bond donors (Lipinski definition) is 0. The van der Waals surface area contributed by atoms with E-state index in [1.165, 1.54) is 33.0 Å². The Balaban J connectivity index is 1.12. The second-order valence-corrected chi connectivity index (χ2v) is 12.5. The molecule has 0 amide bonds. The van der Waals surface area contributed by atoms with Gasteiger partial charge in [-0.2, -0.15) is 0 Å². The number of fused-ring (bicyclic) bond motifs is 1. The van der Waals surface area contributed by atoms with Gasteiger partial charge in [-0.15, -0.1) is 0 Å². The zero-order valence-corrected chi connectivity index (χ0v) is 28.4. The van der Waals surface area contributed by atoms with Crippen molar-refractivity contribution in [1.82, 2.24) is 29.9 Å². The highest BCUT2D eigenvalue weighted by molar-refractivity contribution is 6.06. The molecule has 0 fully saturated rings. The van der Waals surface area contributed by atoms with Gasteiger partial charge in [0.15, 0.2) is 11.6 Å². The van der Waals surface area contributed by atoms with Crippen molar-refractivity contribution in [2.75, 3.05) is 0 Å². The fourth-order valence-electron chi connectivity index (χ4n) is 6.67. The summed E-state index contributed by atoms with van der Waals surface area (Å²) in [6.45, 7) is 7.60. The highest BCUT2D eigenvalue weighted by Gasteiger charge is 2.13. The van der Waals surface area contributed by atoms with Crippen LogP contribution in [0, 0.1) is 27.7 Å². The van der Waals surface area contributed by atoms with E-state index in [0.717, 1.165) is 56.7 Å². The molecule has 0 aliphatic carbocycles. The lowest BCUT2D eigenvalue weighted by molar-refractivity contribution is 0.928. The number of hydrogen-bond acceptors (Lipinski definition) is 6. The Hall–Kier alpha value is -6.40.